The maximum atomic E-state index is 5.79. The molecule has 94 valence electrons. The lowest BCUT2D eigenvalue weighted by molar-refractivity contribution is 0.468. The number of hydrogen-bond donors (Lipinski definition) is 1. The van der Waals surface area contributed by atoms with Crippen molar-refractivity contribution in [3.8, 4) is 11.6 Å². The second-order valence-electron chi connectivity index (χ2n) is 4.01. The molecule has 0 saturated carbocycles. The van der Waals surface area contributed by atoms with Crippen LogP contribution in [0, 0.1) is 0 Å². The van der Waals surface area contributed by atoms with E-state index in [0.29, 0.717) is 17.3 Å². The summed E-state index contributed by atoms with van der Waals surface area (Å²) in [4.78, 5) is 8.35. The van der Waals surface area contributed by atoms with Crippen LogP contribution in [0.5, 0.6) is 11.6 Å². The van der Waals surface area contributed by atoms with E-state index in [2.05, 4.69) is 25.9 Å². The second kappa shape index (κ2) is 4.85. The largest absolute Gasteiger partial charge is 0.438 e. The minimum Gasteiger partial charge on any atom is -0.438 e. The Morgan fingerprint density at radius 3 is 2.79 bits per heavy atom. The molecule has 4 nitrogen and oxygen atoms in total. The van der Waals surface area contributed by atoms with Gasteiger partial charge in [-0.15, -0.1) is 0 Å². The van der Waals surface area contributed by atoms with Gasteiger partial charge in [-0.25, -0.2) is 9.97 Å². The van der Waals surface area contributed by atoms with Crippen molar-refractivity contribution < 1.29 is 4.74 Å². The molecule has 0 spiro atoms. The minimum atomic E-state index is 0.496. The highest BCUT2D eigenvalue weighted by molar-refractivity contribution is 9.10. The molecule has 1 aromatic heterocycles. The van der Waals surface area contributed by atoms with Crippen LogP contribution in [0.4, 0.5) is 5.69 Å². The first kappa shape index (κ1) is 11.9. The average Bonchev–Trinajstić information content (AvgIpc) is 2.39. The lowest BCUT2D eigenvalue weighted by Crippen LogP contribution is -1.93. The summed E-state index contributed by atoms with van der Waals surface area (Å²) in [5.74, 6) is 1.20. The summed E-state index contributed by atoms with van der Waals surface area (Å²) in [5, 5.41) is 0.794. The number of fused-ring (bicyclic) bond motifs is 1. The number of anilines is 1. The smallest absolute Gasteiger partial charge is 0.230 e. The maximum Gasteiger partial charge on any atom is 0.230 e. The molecule has 3 rings (SSSR count). The molecule has 0 saturated heterocycles. The van der Waals surface area contributed by atoms with E-state index in [1.54, 1.807) is 6.07 Å². The molecular weight excluding hydrogens is 306 g/mol. The number of benzene rings is 2. The number of nitrogen functional groups attached to an aromatic ring is 1. The van der Waals surface area contributed by atoms with Crippen LogP contribution >= 0.6 is 15.9 Å². The molecular formula is C14H10BrN3O. The summed E-state index contributed by atoms with van der Waals surface area (Å²) in [6.07, 6.45) is 1.48. The van der Waals surface area contributed by atoms with E-state index >= 15 is 0 Å². The zero-order chi connectivity index (χ0) is 13.2. The lowest BCUT2D eigenvalue weighted by atomic mass is 10.2. The number of halogens is 1. The van der Waals surface area contributed by atoms with Crippen LogP contribution in [0.25, 0.3) is 10.9 Å². The summed E-state index contributed by atoms with van der Waals surface area (Å²) in [7, 11) is 0. The Hall–Kier alpha value is -2.14. The summed E-state index contributed by atoms with van der Waals surface area (Å²) < 4.78 is 6.74. The van der Waals surface area contributed by atoms with Gasteiger partial charge in [-0.3, -0.25) is 0 Å². The van der Waals surface area contributed by atoms with E-state index in [1.807, 2.05) is 36.4 Å². The fraction of sp³-hybridized carbons (Fsp3) is 0. The van der Waals surface area contributed by atoms with Crippen LogP contribution in [-0.2, 0) is 0 Å². The number of aromatic nitrogens is 2. The molecule has 19 heavy (non-hydrogen) atoms. The van der Waals surface area contributed by atoms with Crippen LogP contribution in [-0.4, -0.2) is 9.97 Å². The highest BCUT2D eigenvalue weighted by Crippen LogP contribution is 2.29. The van der Waals surface area contributed by atoms with E-state index in [4.69, 9.17) is 10.5 Å². The quantitative estimate of drug-likeness (QED) is 0.731. The maximum absolute atomic E-state index is 5.79. The Bertz CT molecular complexity index is 746. The topological polar surface area (TPSA) is 61.0 Å². The van der Waals surface area contributed by atoms with Gasteiger partial charge in [0.2, 0.25) is 5.88 Å². The molecule has 0 aliphatic rings. The van der Waals surface area contributed by atoms with Crippen molar-refractivity contribution in [3.05, 3.63) is 53.3 Å². The van der Waals surface area contributed by atoms with Crippen LogP contribution in [0.3, 0.4) is 0 Å². The van der Waals surface area contributed by atoms with E-state index < -0.39 is 0 Å². The van der Waals surface area contributed by atoms with Gasteiger partial charge in [0.25, 0.3) is 0 Å². The first-order valence-corrected chi connectivity index (χ1v) is 6.45. The highest BCUT2D eigenvalue weighted by atomic mass is 79.9. The second-order valence-corrected chi connectivity index (χ2v) is 4.93. The molecule has 2 aromatic carbocycles. The van der Waals surface area contributed by atoms with Gasteiger partial charge >= 0.3 is 0 Å². The third kappa shape index (κ3) is 2.51. The van der Waals surface area contributed by atoms with Crippen molar-refractivity contribution in [2.24, 2.45) is 0 Å². The van der Waals surface area contributed by atoms with E-state index in [0.717, 1.165) is 15.4 Å². The molecule has 0 radical (unpaired) electrons. The Morgan fingerprint density at radius 1 is 1.05 bits per heavy atom. The van der Waals surface area contributed by atoms with Gasteiger partial charge in [0, 0.05) is 10.2 Å². The van der Waals surface area contributed by atoms with Gasteiger partial charge in [-0.05, 0) is 36.4 Å². The van der Waals surface area contributed by atoms with Gasteiger partial charge in [0.1, 0.15) is 12.1 Å². The van der Waals surface area contributed by atoms with Crippen LogP contribution in [0.2, 0.25) is 0 Å². The minimum absolute atomic E-state index is 0.496. The Kier molecular flexibility index (Phi) is 3.05. The van der Waals surface area contributed by atoms with Gasteiger partial charge in [-0.1, -0.05) is 22.0 Å². The lowest BCUT2D eigenvalue weighted by Gasteiger charge is -2.08. The van der Waals surface area contributed by atoms with Crippen LogP contribution in [0.1, 0.15) is 0 Å². The van der Waals surface area contributed by atoms with Gasteiger partial charge < -0.3 is 10.5 Å². The summed E-state index contributed by atoms with van der Waals surface area (Å²) >= 11 is 3.40. The summed E-state index contributed by atoms with van der Waals surface area (Å²) in [5.41, 5.74) is 7.25. The zero-order valence-electron chi connectivity index (χ0n) is 9.88. The molecule has 2 N–H and O–H groups in total. The Morgan fingerprint density at radius 2 is 1.95 bits per heavy atom. The van der Waals surface area contributed by atoms with Crippen molar-refractivity contribution in [1.82, 2.24) is 9.97 Å². The predicted molar refractivity (Wildman–Crippen MR) is 78.2 cm³/mol. The van der Waals surface area contributed by atoms with Crippen molar-refractivity contribution in [1.29, 1.82) is 0 Å². The number of rotatable bonds is 2. The standard InChI is InChI=1S/C14H10BrN3O/c15-9-2-1-3-11(6-9)19-14-12-7-10(16)4-5-13(12)17-8-18-14/h1-8H,16H2. The first-order valence-electron chi connectivity index (χ1n) is 5.66. The monoisotopic (exact) mass is 315 g/mol. The molecule has 0 unspecified atom stereocenters. The number of nitrogens with zero attached hydrogens (tertiary/aromatic N) is 2. The van der Waals surface area contributed by atoms with Crippen LogP contribution in [0.15, 0.2) is 53.3 Å². The molecule has 0 aliphatic carbocycles. The average molecular weight is 316 g/mol. The number of nitrogens with two attached hydrogens (primary N) is 1. The summed E-state index contributed by atoms with van der Waals surface area (Å²) in [6.45, 7) is 0. The SMILES string of the molecule is Nc1ccc2ncnc(Oc3cccc(Br)c3)c2c1. The molecule has 0 bridgehead atoms. The van der Waals surface area contributed by atoms with Crippen molar-refractivity contribution in [3.63, 3.8) is 0 Å². The third-order valence-electron chi connectivity index (χ3n) is 2.63. The molecule has 0 amide bonds. The predicted octanol–water partition coefficient (Wildman–Crippen LogP) is 3.77. The van der Waals surface area contributed by atoms with Gasteiger partial charge in [0.15, 0.2) is 0 Å². The van der Waals surface area contributed by atoms with Crippen molar-refractivity contribution in [2.45, 2.75) is 0 Å². The number of ether oxygens (including phenoxy) is 1. The highest BCUT2D eigenvalue weighted by Gasteiger charge is 2.06. The molecule has 0 aliphatic heterocycles. The summed E-state index contributed by atoms with van der Waals surface area (Å²) in [6, 6.07) is 13.0. The van der Waals surface area contributed by atoms with Gasteiger partial charge in [0.05, 0.1) is 10.9 Å². The van der Waals surface area contributed by atoms with Crippen molar-refractivity contribution >= 4 is 32.5 Å². The zero-order valence-corrected chi connectivity index (χ0v) is 11.5. The normalized spacial score (nSPS) is 10.6. The fourth-order valence-corrected chi connectivity index (χ4v) is 2.15. The molecule has 0 fully saturated rings. The first-order chi connectivity index (χ1) is 9.22. The molecule has 3 aromatic rings. The van der Waals surface area contributed by atoms with Gasteiger partial charge in [-0.2, -0.15) is 0 Å². The Labute approximate surface area is 118 Å². The Balaban J connectivity index is 2.07. The van der Waals surface area contributed by atoms with E-state index in [1.165, 1.54) is 6.33 Å². The molecule has 5 heteroatoms. The van der Waals surface area contributed by atoms with E-state index in [-0.39, 0.29) is 0 Å². The fourth-order valence-electron chi connectivity index (χ4n) is 1.77. The molecule has 0 atom stereocenters. The van der Waals surface area contributed by atoms with E-state index in [9.17, 15) is 0 Å². The van der Waals surface area contributed by atoms with Crippen LogP contribution < -0.4 is 10.5 Å². The molecule has 1 heterocycles. The van der Waals surface area contributed by atoms with Crippen molar-refractivity contribution in [2.75, 3.05) is 5.73 Å². The number of hydrogen-bond acceptors (Lipinski definition) is 4. The third-order valence-corrected chi connectivity index (χ3v) is 3.13.